The maximum atomic E-state index is 12.2. The van der Waals surface area contributed by atoms with E-state index < -0.39 is 0 Å². The molecule has 2 atom stereocenters. The molecular weight excluding hydrogens is 300 g/mol. The largest absolute Gasteiger partial charge is 0.494 e. The Hall–Kier alpha value is -1.26. The van der Waals surface area contributed by atoms with Gasteiger partial charge in [-0.05, 0) is 50.4 Å². The predicted octanol–water partition coefficient (Wildman–Crippen LogP) is 2.90. The van der Waals surface area contributed by atoms with Crippen LogP contribution in [0.3, 0.4) is 0 Å². The van der Waals surface area contributed by atoms with E-state index in [1.54, 1.807) is 0 Å². The van der Waals surface area contributed by atoms with Crippen LogP contribution in [0.1, 0.15) is 38.7 Å². The molecule has 0 aliphatic carbocycles. The first kappa shape index (κ1) is 18.8. The topological polar surface area (TPSA) is 50.4 Å². The number of carbonyl (C=O) groups excluding carboxylic acids is 1. The molecule has 0 unspecified atom stereocenters. The van der Waals surface area contributed by atoms with E-state index in [2.05, 4.69) is 24.5 Å². The highest BCUT2D eigenvalue weighted by Gasteiger charge is 2.24. The minimum atomic E-state index is 0. The fourth-order valence-corrected chi connectivity index (χ4v) is 2.63. The zero-order valence-electron chi connectivity index (χ0n) is 13.4. The number of hydrogen-bond acceptors (Lipinski definition) is 3. The Morgan fingerprint density at radius 3 is 2.73 bits per heavy atom. The fourth-order valence-electron chi connectivity index (χ4n) is 2.63. The Bertz CT molecular complexity index is 450. The molecule has 1 aliphatic rings. The maximum Gasteiger partial charge on any atom is 0.223 e. The number of rotatable bonds is 6. The van der Waals surface area contributed by atoms with Gasteiger partial charge in [0.2, 0.25) is 5.91 Å². The third kappa shape index (κ3) is 5.85. The summed E-state index contributed by atoms with van der Waals surface area (Å²) in [4.78, 5) is 12.2. The van der Waals surface area contributed by atoms with Crippen molar-refractivity contribution < 1.29 is 9.53 Å². The summed E-state index contributed by atoms with van der Waals surface area (Å²) >= 11 is 0. The van der Waals surface area contributed by atoms with Crippen molar-refractivity contribution in [2.24, 2.45) is 5.92 Å². The van der Waals surface area contributed by atoms with Crippen LogP contribution in [0.4, 0.5) is 0 Å². The molecule has 1 saturated heterocycles. The monoisotopic (exact) mass is 326 g/mol. The molecule has 0 radical (unpaired) electrons. The molecule has 124 valence electrons. The number of benzene rings is 1. The van der Waals surface area contributed by atoms with Gasteiger partial charge in [0, 0.05) is 18.5 Å². The van der Waals surface area contributed by atoms with Crippen molar-refractivity contribution in [3.63, 3.8) is 0 Å². The first-order valence-electron chi connectivity index (χ1n) is 7.92. The molecule has 0 saturated carbocycles. The highest BCUT2D eigenvalue weighted by Crippen LogP contribution is 2.17. The molecule has 1 amide bonds. The van der Waals surface area contributed by atoms with E-state index in [0.29, 0.717) is 12.6 Å². The van der Waals surface area contributed by atoms with Gasteiger partial charge < -0.3 is 15.4 Å². The molecule has 1 heterocycles. The average Bonchev–Trinajstić information content (AvgIpc) is 2.51. The van der Waals surface area contributed by atoms with Gasteiger partial charge in [-0.1, -0.05) is 19.1 Å². The van der Waals surface area contributed by atoms with Crippen LogP contribution >= 0.6 is 12.4 Å². The molecule has 0 aromatic heterocycles. The van der Waals surface area contributed by atoms with Crippen LogP contribution in [0.2, 0.25) is 0 Å². The Kier molecular flexibility index (Phi) is 8.28. The van der Waals surface area contributed by atoms with Crippen LogP contribution in [0.5, 0.6) is 5.75 Å². The summed E-state index contributed by atoms with van der Waals surface area (Å²) < 4.78 is 5.55. The van der Waals surface area contributed by atoms with Gasteiger partial charge in [-0.25, -0.2) is 0 Å². The van der Waals surface area contributed by atoms with Crippen LogP contribution in [-0.2, 0) is 11.3 Å². The normalized spacial score (nSPS) is 20.8. The van der Waals surface area contributed by atoms with Gasteiger partial charge in [0.1, 0.15) is 5.75 Å². The van der Waals surface area contributed by atoms with Gasteiger partial charge in [0.05, 0.1) is 6.61 Å². The highest BCUT2D eigenvalue weighted by molar-refractivity contribution is 5.85. The fraction of sp³-hybridized carbons (Fsp3) is 0.588. The Morgan fingerprint density at radius 1 is 1.36 bits per heavy atom. The average molecular weight is 327 g/mol. The lowest BCUT2D eigenvalue weighted by molar-refractivity contribution is -0.126. The minimum absolute atomic E-state index is 0. The van der Waals surface area contributed by atoms with Crippen molar-refractivity contribution >= 4 is 18.3 Å². The number of nitrogens with one attached hydrogen (secondary N) is 2. The molecule has 0 bridgehead atoms. The zero-order chi connectivity index (χ0) is 15.1. The van der Waals surface area contributed by atoms with Crippen LogP contribution < -0.4 is 15.4 Å². The van der Waals surface area contributed by atoms with Gasteiger partial charge >= 0.3 is 0 Å². The lowest BCUT2D eigenvalue weighted by atomic mass is 9.92. The summed E-state index contributed by atoms with van der Waals surface area (Å²) in [6.07, 6.45) is 2.86. The van der Waals surface area contributed by atoms with Gasteiger partial charge in [-0.2, -0.15) is 0 Å². The number of ether oxygens (including phenoxy) is 1. The number of amides is 1. The molecule has 1 fully saturated rings. The smallest absolute Gasteiger partial charge is 0.223 e. The lowest BCUT2D eigenvalue weighted by Crippen LogP contribution is -2.42. The second-order valence-corrected chi connectivity index (χ2v) is 5.79. The quantitative estimate of drug-likeness (QED) is 0.845. The van der Waals surface area contributed by atoms with Gasteiger partial charge in [0.15, 0.2) is 0 Å². The van der Waals surface area contributed by atoms with Gasteiger partial charge in [-0.15, -0.1) is 12.4 Å². The van der Waals surface area contributed by atoms with Crippen molar-refractivity contribution in [1.29, 1.82) is 0 Å². The predicted molar refractivity (Wildman–Crippen MR) is 91.5 cm³/mol. The van der Waals surface area contributed by atoms with E-state index >= 15 is 0 Å². The van der Waals surface area contributed by atoms with E-state index in [9.17, 15) is 4.79 Å². The van der Waals surface area contributed by atoms with E-state index in [1.807, 2.05) is 24.3 Å². The molecule has 4 nitrogen and oxygen atoms in total. The van der Waals surface area contributed by atoms with Crippen LogP contribution in [0.25, 0.3) is 0 Å². The molecule has 2 N–H and O–H groups in total. The first-order valence-corrected chi connectivity index (χ1v) is 7.92. The van der Waals surface area contributed by atoms with E-state index in [4.69, 9.17) is 4.74 Å². The Labute approximate surface area is 139 Å². The Morgan fingerprint density at radius 2 is 2.09 bits per heavy atom. The SMILES string of the molecule is CCCOc1ccc(CNC(=O)[C@H]2CCN[C@@H](C)C2)cc1.Cl. The molecule has 1 aromatic carbocycles. The molecule has 0 spiro atoms. The molecule has 5 heteroatoms. The number of piperidine rings is 1. The van der Waals surface area contributed by atoms with Crippen molar-refractivity contribution in [2.45, 2.75) is 45.7 Å². The molecule has 22 heavy (non-hydrogen) atoms. The summed E-state index contributed by atoms with van der Waals surface area (Å²) in [5.74, 6) is 1.21. The summed E-state index contributed by atoms with van der Waals surface area (Å²) in [6.45, 7) is 6.48. The van der Waals surface area contributed by atoms with E-state index in [0.717, 1.165) is 43.7 Å². The minimum Gasteiger partial charge on any atom is -0.494 e. The van der Waals surface area contributed by atoms with Crippen LogP contribution in [0, 0.1) is 5.92 Å². The Balaban J connectivity index is 0.00000242. The zero-order valence-corrected chi connectivity index (χ0v) is 14.2. The second-order valence-electron chi connectivity index (χ2n) is 5.79. The van der Waals surface area contributed by atoms with Crippen LogP contribution in [-0.4, -0.2) is 25.1 Å². The molecule has 1 aliphatic heterocycles. The highest BCUT2D eigenvalue weighted by atomic mass is 35.5. The lowest BCUT2D eigenvalue weighted by Gasteiger charge is -2.27. The maximum absolute atomic E-state index is 12.2. The van der Waals surface area contributed by atoms with E-state index in [1.165, 1.54) is 0 Å². The van der Waals surface area contributed by atoms with Gasteiger partial charge in [0.25, 0.3) is 0 Å². The number of halogens is 1. The first-order chi connectivity index (χ1) is 10.2. The van der Waals surface area contributed by atoms with Crippen molar-refractivity contribution in [2.75, 3.05) is 13.2 Å². The standard InChI is InChI=1S/C17H26N2O2.ClH/c1-3-10-21-16-6-4-14(5-7-16)12-19-17(20)15-8-9-18-13(2)11-15;/h4-7,13,15,18H,3,8-12H2,1-2H3,(H,19,20);1H/t13-,15-;/m0./s1. The summed E-state index contributed by atoms with van der Waals surface area (Å²) in [5, 5.41) is 6.41. The van der Waals surface area contributed by atoms with Crippen LogP contribution in [0.15, 0.2) is 24.3 Å². The van der Waals surface area contributed by atoms with Gasteiger partial charge in [-0.3, -0.25) is 4.79 Å². The van der Waals surface area contributed by atoms with Crippen molar-refractivity contribution in [1.82, 2.24) is 10.6 Å². The van der Waals surface area contributed by atoms with Crippen molar-refractivity contribution in [3.8, 4) is 5.75 Å². The summed E-state index contributed by atoms with van der Waals surface area (Å²) in [6, 6.07) is 8.38. The third-order valence-corrected chi connectivity index (χ3v) is 3.86. The molecule has 2 rings (SSSR count). The molecule has 1 aromatic rings. The number of hydrogen-bond donors (Lipinski definition) is 2. The van der Waals surface area contributed by atoms with E-state index in [-0.39, 0.29) is 24.2 Å². The van der Waals surface area contributed by atoms with Crippen molar-refractivity contribution in [3.05, 3.63) is 29.8 Å². The third-order valence-electron chi connectivity index (χ3n) is 3.86. The number of carbonyl (C=O) groups is 1. The second kappa shape index (κ2) is 9.70. The summed E-state index contributed by atoms with van der Waals surface area (Å²) in [5.41, 5.74) is 1.11. The molecular formula is C17H27ClN2O2. The summed E-state index contributed by atoms with van der Waals surface area (Å²) in [7, 11) is 0.